The van der Waals surface area contributed by atoms with Crippen LogP contribution in [0.15, 0.2) is 231 Å². The molecule has 0 saturated carbocycles. The largest absolute Gasteiger partial charge is 1.00 e. The number of pyridine rings is 2. The molecule has 2 aromatic heterocycles. The van der Waals surface area contributed by atoms with Crippen molar-refractivity contribution in [3.05, 3.63) is 246 Å². The van der Waals surface area contributed by atoms with Crippen molar-refractivity contribution < 1.29 is 22.2 Å². The predicted molar refractivity (Wildman–Crippen MR) is 254 cm³/mol. The standard InChI is InChI=1S/2C18H15P.C12H8N2.CH2Cl2.Cu.NO3/c2*1-4-10-16(11-5-1)19(17-12-6-2-7-13-17)18-14-8-3-9-15-18;1-3-9-5-6-10-4-2-8-14-12(10)11(9)13-7-1;2-1-3;;2-1(3)4/h2*1-15H;1-8H;1H2;;/q;;;;+1;-1. The Morgan fingerprint density at radius 2 is 0.583 bits per heavy atom. The summed E-state index contributed by atoms with van der Waals surface area (Å²) in [6.45, 7) is 0. The number of hydrogen-bond acceptors (Lipinski definition) is 5. The van der Waals surface area contributed by atoms with E-state index in [1.54, 1.807) is 12.4 Å². The summed E-state index contributed by atoms with van der Waals surface area (Å²) in [5, 5.41) is 25.6. The number of benzene rings is 7. The van der Waals surface area contributed by atoms with E-state index in [9.17, 15) is 0 Å². The fourth-order valence-electron chi connectivity index (χ4n) is 6.04. The normalized spacial score (nSPS) is 9.93. The van der Waals surface area contributed by atoms with E-state index in [1.165, 1.54) is 31.8 Å². The van der Waals surface area contributed by atoms with Gasteiger partial charge in [0.2, 0.25) is 0 Å². The van der Waals surface area contributed by atoms with Crippen LogP contribution in [0, 0.1) is 15.3 Å². The molecule has 0 atom stereocenters. The first kappa shape index (κ1) is 47.2. The summed E-state index contributed by atoms with van der Waals surface area (Å²) in [4.78, 5) is 16.9. The maximum atomic E-state index is 8.25. The number of halogens is 2. The van der Waals surface area contributed by atoms with E-state index in [4.69, 9.17) is 38.5 Å². The Hall–Kier alpha value is -5.48. The third kappa shape index (κ3) is 14.7. The van der Waals surface area contributed by atoms with E-state index in [2.05, 4.69) is 216 Å². The van der Waals surface area contributed by atoms with Gasteiger partial charge >= 0.3 is 17.1 Å². The van der Waals surface area contributed by atoms with Gasteiger partial charge in [-0.2, -0.15) is 0 Å². The number of alkyl halides is 2. The molecule has 0 unspecified atom stereocenters. The SMILES string of the molecule is ClCCl.O=[N+]([O-])[O-].[Cu+].c1ccc(P(c2ccccc2)c2ccccc2)cc1.c1ccc(P(c2ccccc2)c2ccccc2)cc1.c1cnc2c(c1)ccc1cccnc12. The molecule has 0 aliphatic heterocycles. The number of fused-ring (bicyclic) bond motifs is 3. The Morgan fingerprint density at radius 1 is 0.383 bits per heavy atom. The average molecular weight is 915 g/mol. The van der Waals surface area contributed by atoms with Crippen molar-refractivity contribution in [1.29, 1.82) is 0 Å². The smallest absolute Gasteiger partial charge is 0.356 e. The molecular formula is C49H40Cl2CuN3O3P2. The molecular weight excluding hydrogens is 875 g/mol. The monoisotopic (exact) mass is 913 g/mol. The summed E-state index contributed by atoms with van der Waals surface area (Å²) in [5.41, 5.74) is 1.95. The quantitative estimate of drug-likeness (QED) is 0.0414. The molecule has 0 fully saturated rings. The van der Waals surface area contributed by atoms with Crippen LogP contribution in [0.3, 0.4) is 0 Å². The Bertz CT molecular complexity index is 2190. The van der Waals surface area contributed by atoms with Crippen LogP contribution in [0.4, 0.5) is 0 Å². The van der Waals surface area contributed by atoms with Crippen LogP contribution in [0.2, 0.25) is 0 Å². The van der Waals surface area contributed by atoms with Gasteiger partial charge in [-0.3, -0.25) is 9.97 Å². The molecule has 0 amide bonds. The minimum absolute atomic E-state index is 0. The van der Waals surface area contributed by atoms with Crippen LogP contribution in [0.1, 0.15) is 0 Å². The van der Waals surface area contributed by atoms with Crippen molar-refractivity contribution in [1.82, 2.24) is 9.97 Å². The Morgan fingerprint density at radius 3 is 0.783 bits per heavy atom. The van der Waals surface area contributed by atoms with Gasteiger partial charge < -0.3 is 15.3 Å². The van der Waals surface area contributed by atoms with Crippen molar-refractivity contribution in [2.45, 2.75) is 0 Å². The summed E-state index contributed by atoms with van der Waals surface area (Å²) in [6, 6.07) is 76.8. The minimum Gasteiger partial charge on any atom is -0.356 e. The molecule has 0 bridgehead atoms. The Balaban J connectivity index is 0.000000184. The zero-order valence-corrected chi connectivity index (χ0v) is 36.4. The summed E-state index contributed by atoms with van der Waals surface area (Å²) in [7, 11) is -0.892. The van der Waals surface area contributed by atoms with Crippen molar-refractivity contribution in [2.24, 2.45) is 0 Å². The van der Waals surface area contributed by atoms with Crippen molar-refractivity contribution >= 4 is 92.7 Å². The van der Waals surface area contributed by atoms with Crippen molar-refractivity contribution in [3.8, 4) is 0 Å². The third-order valence-corrected chi connectivity index (χ3v) is 13.3. The molecule has 0 aliphatic carbocycles. The first-order valence-electron chi connectivity index (χ1n) is 18.4. The van der Waals surface area contributed by atoms with E-state index >= 15 is 0 Å². The summed E-state index contributed by atoms with van der Waals surface area (Å²) < 4.78 is 0. The van der Waals surface area contributed by atoms with E-state index < -0.39 is 20.9 Å². The molecule has 0 N–H and O–H groups in total. The van der Waals surface area contributed by atoms with Gasteiger partial charge in [0.25, 0.3) is 0 Å². The van der Waals surface area contributed by atoms with Gasteiger partial charge in [-0.15, -0.1) is 23.2 Å². The number of nitrogens with zero attached hydrogens (tertiary/aromatic N) is 3. The second-order valence-electron chi connectivity index (χ2n) is 12.2. The zero-order valence-electron chi connectivity index (χ0n) is 32.2. The summed E-state index contributed by atoms with van der Waals surface area (Å²) in [6.07, 6.45) is 3.60. The maximum Gasteiger partial charge on any atom is 1.00 e. The molecule has 304 valence electrons. The van der Waals surface area contributed by atoms with E-state index in [1.807, 2.05) is 12.1 Å². The fourth-order valence-corrected chi connectivity index (χ4v) is 10.6. The fraction of sp³-hybridized carbons (Fsp3) is 0.0204. The van der Waals surface area contributed by atoms with Crippen molar-refractivity contribution in [2.75, 3.05) is 5.34 Å². The predicted octanol–water partition coefficient (Wildman–Crippen LogP) is 10.9. The molecule has 60 heavy (non-hydrogen) atoms. The second-order valence-corrected chi connectivity index (χ2v) is 17.5. The topological polar surface area (TPSA) is 92.0 Å². The van der Waals surface area contributed by atoms with Crippen LogP contribution in [-0.4, -0.2) is 20.4 Å². The molecule has 11 heteroatoms. The van der Waals surface area contributed by atoms with E-state index in [0.717, 1.165) is 21.8 Å². The summed E-state index contributed by atoms with van der Waals surface area (Å²) >= 11 is 9.53. The van der Waals surface area contributed by atoms with E-state index in [0.29, 0.717) is 0 Å². The maximum absolute atomic E-state index is 8.25. The van der Waals surface area contributed by atoms with Gasteiger partial charge in [-0.05, 0) is 59.8 Å². The van der Waals surface area contributed by atoms with Gasteiger partial charge in [0.1, 0.15) is 0 Å². The molecule has 9 rings (SSSR count). The van der Waals surface area contributed by atoms with Gasteiger partial charge in [0.15, 0.2) is 0 Å². The van der Waals surface area contributed by atoms with Crippen LogP contribution < -0.4 is 31.8 Å². The van der Waals surface area contributed by atoms with Gasteiger partial charge in [-0.25, -0.2) is 0 Å². The Labute approximate surface area is 374 Å². The van der Waals surface area contributed by atoms with Gasteiger partial charge in [-0.1, -0.05) is 206 Å². The molecule has 0 spiro atoms. The minimum atomic E-state index is -1.75. The van der Waals surface area contributed by atoms with Crippen LogP contribution >= 0.6 is 39.0 Å². The molecule has 9 aromatic rings. The van der Waals surface area contributed by atoms with Crippen LogP contribution in [0.5, 0.6) is 0 Å². The van der Waals surface area contributed by atoms with E-state index in [-0.39, 0.29) is 22.4 Å². The molecule has 0 saturated heterocycles. The number of aromatic nitrogens is 2. The number of hydrogen-bond donors (Lipinski definition) is 0. The zero-order chi connectivity index (χ0) is 41.5. The second kappa shape index (κ2) is 26.6. The first-order valence-corrected chi connectivity index (χ1v) is 22.2. The third-order valence-electron chi connectivity index (χ3n) is 8.43. The molecule has 2 heterocycles. The van der Waals surface area contributed by atoms with Crippen molar-refractivity contribution in [3.63, 3.8) is 0 Å². The molecule has 0 aliphatic rings. The molecule has 6 nitrogen and oxygen atoms in total. The Kier molecular flexibility index (Phi) is 20.9. The molecule has 7 aromatic carbocycles. The molecule has 0 radical (unpaired) electrons. The van der Waals surface area contributed by atoms with Gasteiger partial charge in [0, 0.05) is 23.2 Å². The average Bonchev–Trinajstić information content (AvgIpc) is 3.29. The van der Waals surface area contributed by atoms with Gasteiger partial charge in [0.05, 0.1) is 21.5 Å². The summed E-state index contributed by atoms with van der Waals surface area (Å²) in [5.74, 6) is 0. The van der Waals surface area contributed by atoms with Crippen LogP contribution in [0.25, 0.3) is 21.8 Å². The number of rotatable bonds is 6. The first-order chi connectivity index (χ1) is 29.0. The van der Waals surface area contributed by atoms with Crippen LogP contribution in [-0.2, 0) is 17.1 Å².